The van der Waals surface area contributed by atoms with Gasteiger partial charge in [-0.05, 0) is 60.6 Å². The second kappa shape index (κ2) is 12.5. The van der Waals surface area contributed by atoms with Gasteiger partial charge in [-0.3, -0.25) is 14.3 Å². The van der Waals surface area contributed by atoms with E-state index in [0.717, 1.165) is 31.4 Å². The molecular weight excluding hydrogens is 670 g/mol. The molecule has 0 saturated heterocycles. The first-order valence-corrected chi connectivity index (χ1v) is 16.6. The smallest absolute Gasteiger partial charge is 0.338 e. The number of rotatable bonds is 7. The number of hydrogen-bond acceptors (Lipinski definition) is 8. The van der Waals surface area contributed by atoms with E-state index < -0.39 is 12.0 Å². The predicted molar refractivity (Wildman–Crippen MR) is 180 cm³/mol. The minimum Gasteiger partial charge on any atom is -0.463 e. The molecule has 4 heterocycles. The largest absolute Gasteiger partial charge is 0.463 e. The number of furan rings is 1. The molecule has 1 atom stereocenters. The van der Waals surface area contributed by atoms with Crippen molar-refractivity contribution in [1.82, 2.24) is 9.55 Å². The van der Waals surface area contributed by atoms with E-state index in [2.05, 4.69) is 20.9 Å². The Morgan fingerprint density at radius 1 is 1.04 bits per heavy atom. The van der Waals surface area contributed by atoms with Gasteiger partial charge in [-0.15, -0.1) is 0 Å². The van der Waals surface area contributed by atoms with E-state index in [9.17, 15) is 9.59 Å². The molecular formula is C35H24BrN3O4S2. The van der Waals surface area contributed by atoms with Crippen LogP contribution >= 0.6 is 39.0 Å². The van der Waals surface area contributed by atoms with Gasteiger partial charge in [0.1, 0.15) is 5.76 Å². The van der Waals surface area contributed by atoms with Crippen LogP contribution in [0.5, 0.6) is 0 Å². The van der Waals surface area contributed by atoms with Crippen LogP contribution in [0.1, 0.15) is 29.9 Å². The Balaban J connectivity index is 1.36. The number of esters is 1. The molecule has 0 bridgehead atoms. The molecule has 0 amide bonds. The van der Waals surface area contributed by atoms with Crippen molar-refractivity contribution in [3.63, 3.8) is 0 Å². The Hall–Kier alpha value is -4.51. The summed E-state index contributed by atoms with van der Waals surface area (Å²) in [6, 6.07) is 30.0. The Labute approximate surface area is 274 Å². The van der Waals surface area contributed by atoms with Crippen LogP contribution in [-0.2, 0) is 9.53 Å². The Morgan fingerprint density at radius 3 is 2.69 bits per heavy atom. The minimum atomic E-state index is -0.753. The van der Waals surface area contributed by atoms with E-state index in [-0.39, 0.29) is 12.2 Å². The number of fused-ring (bicyclic) bond motifs is 2. The predicted octanol–water partition coefficient (Wildman–Crippen LogP) is 6.99. The Morgan fingerprint density at radius 2 is 1.87 bits per heavy atom. The topological polar surface area (TPSA) is 86.7 Å². The first kappa shape index (κ1) is 29.2. The standard InChI is InChI=1S/C35H24BrN3O4S2/c1-2-42-34(41)29-31(22-9-4-3-5-10-22)38-35-39(32(29)23-12-6-14-24(36)19-23)33(40)27(45-35)20-25-16-17-28(43-25)44-26-15-7-11-21-13-8-18-37-30(21)26/h3-20,32H,2H2,1H3/b27-20-/t32-/m1/s1. The third-order valence-corrected chi connectivity index (χ3v) is 9.67. The SMILES string of the molecule is CCOC(=O)C1=C(c2ccccc2)N=c2s/c(=C\c3ccc(Sc4cccc5cccnc45)o3)c(=O)n2[C@@H]1c1cccc(Br)c1. The average molecular weight is 695 g/mol. The van der Waals surface area contributed by atoms with Crippen LogP contribution < -0.4 is 14.9 Å². The summed E-state index contributed by atoms with van der Waals surface area (Å²) in [7, 11) is 0. The van der Waals surface area contributed by atoms with Gasteiger partial charge in [0.05, 0.1) is 34.0 Å². The van der Waals surface area contributed by atoms with Gasteiger partial charge in [0.2, 0.25) is 0 Å². The van der Waals surface area contributed by atoms with Gasteiger partial charge in [0.15, 0.2) is 9.89 Å². The Bertz CT molecular complexity index is 2280. The highest BCUT2D eigenvalue weighted by Crippen LogP contribution is 2.36. The van der Waals surface area contributed by atoms with Crippen molar-refractivity contribution >= 4 is 67.7 Å². The van der Waals surface area contributed by atoms with Crippen molar-refractivity contribution in [2.45, 2.75) is 23.0 Å². The fraction of sp³-hybridized carbons (Fsp3) is 0.0857. The van der Waals surface area contributed by atoms with Gasteiger partial charge in [-0.1, -0.05) is 87.9 Å². The van der Waals surface area contributed by atoms with E-state index in [1.54, 1.807) is 23.8 Å². The van der Waals surface area contributed by atoms with Gasteiger partial charge in [-0.2, -0.15) is 0 Å². The van der Waals surface area contributed by atoms with Crippen molar-refractivity contribution < 1.29 is 13.9 Å². The molecule has 0 aliphatic carbocycles. The molecule has 0 fully saturated rings. The van der Waals surface area contributed by atoms with Gasteiger partial charge >= 0.3 is 5.97 Å². The summed E-state index contributed by atoms with van der Waals surface area (Å²) >= 11 is 6.29. The lowest BCUT2D eigenvalue weighted by Gasteiger charge is -2.26. The molecule has 45 heavy (non-hydrogen) atoms. The fourth-order valence-corrected chi connectivity index (χ4v) is 7.60. The molecule has 0 spiro atoms. The van der Waals surface area contributed by atoms with Crippen molar-refractivity contribution in [2.75, 3.05) is 6.61 Å². The lowest BCUT2D eigenvalue weighted by Crippen LogP contribution is -2.40. The highest BCUT2D eigenvalue weighted by Gasteiger charge is 2.35. The Kier molecular flexibility index (Phi) is 8.10. The molecule has 0 unspecified atom stereocenters. The van der Waals surface area contributed by atoms with Gasteiger partial charge < -0.3 is 9.15 Å². The summed E-state index contributed by atoms with van der Waals surface area (Å²) in [5, 5.41) is 1.72. The fourth-order valence-electron chi connectivity index (χ4n) is 5.30. The van der Waals surface area contributed by atoms with Gasteiger partial charge in [0, 0.05) is 32.6 Å². The number of hydrogen-bond donors (Lipinski definition) is 0. The summed E-state index contributed by atoms with van der Waals surface area (Å²) < 4.78 is 14.5. The summed E-state index contributed by atoms with van der Waals surface area (Å²) in [5.74, 6) is 0.0119. The molecule has 10 heteroatoms. The third-order valence-electron chi connectivity index (χ3n) is 7.22. The van der Waals surface area contributed by atoms with E-state index in [1.807, 2.05) is 97.1 Å². The van der Waals surface area contributed by atoms with Crippen LogP contribution in [0.4, 0.5) is 0 Å². The number of ether oxygens (including phenoxy) is 1. The van der Waals surface area contributed by atoms with Crippen molar-refractivity contribution in [3.8, 4) is 0 Å². The number of halogens is 1. The number of thiazole rings is 1. The van der Waals surface area contributed by atoms with Crippen LogP contribution in [0.3, 0.4) is 0 Å². The summed E-state index contributed by atoms with van der Waals surface area (Å²) in [4.78, 5) is 38.6. The zero-order valence-electron chi connectivity index (χ0n) is 23.8. The zero-order valence-corrected chi connectivity index (χ0v) is 27.1. The number of para-hydroxylation sites is 1. The van der Waals surface area contributed by atoms with Crippen LogP contribution in [0.2, 0.25) is 0 Å². The highest BCUT2D eigenvalue weighted by molar-refractivity contribution is 9.10. The summed E-state index contributed by atoms with van der Waals surface area (Å²) in [5.41, 5.74) is 2.92. The molecule has 6 aromatic rings. The number of nitrogens with zero attached hydrogens (tertiary/aromatic N) is 3. The lowest BCUT2D eigenvalue weighted by atomic mass is 9.93. The normalized spacial score (nSPS) is 14.8. The van der Waals surface area contributed by atoms with E-state index in [4.69, 9.17) is 14.1 Å². The molecule has 3 aromatic carbocycles. The maximum Gasteiger partial charge on any atom is 0.338 e. The van der Waals surface area contributed by atoms with Gasteiger partial charge in [0.25, 0.3) is 5.56 Å². The molecule has 0 radical (unpaired) electrons. The van der Waals surface area contributed by atoms with Crippen molar-refractivity contribution in [1.29, 1.82) is 0 Å². The summed E-state index contributed by atoms with van der Waals surface area (Å²) in [6.45, 7) is 1.95. The first-order valence-electron chi connectivity index (χ1n) is 14.2. The molecule has 1 aliphatic heterocycles. The molecule has 7 rings (SSSR count). The van der Waals surface area contributed by atoms with E-state index in [0.29, 0.717) is 31.5 Å². The second-order valence-electron chi connectivity index (χ2n) is 10.1. The quantitative estimate of drug-likeness (QED) is 0.168. The number of carbonyl (C=O) groups excluding carboxylic acids is 1. The minimum absolute atomic E-state index is 0.188. The van der Waals surface area contributed by atoms with Crippen LogP contribution in [0, 0.1) is 0 Å². The molecule has 0 N–H and O–H groups in total. The third kappa shape index (κ3) is 5.72. The van der Waals surface area contributed by atoms with E-state index in [1.165, 1.54) is 23.1 Å². The first-order chi connectivity index (χ1) is 22.0. The second-order valence-corrected chi connectivity index (χ2v) is 13.0. The molecule has 222 valence electrons. The highest BCUT2D eigenvalue weighted by atomic mass is 79.9. The molecule has 1 aliphatic rings. The van der Waals surface area contributed by atoms with Crippen molar-refractivity contribution in [2.24, 2.45) is 4.99 Å². The van der Waals surface area contributed by atoms with Crippen LogP contribution in [0.25, 0.3) is 22.7 Å². The maximum atomic E-state index is 14.1. The molecule has 7 nitrogen and oxygen atoms in total. The lowest BCUT2D eigenvalue weighted by molar-refractivity contribution is -0.138. The van der Waals surface area contributed by atoms with Crippen molar-refractivity contribution in [3.05, 3.63) is 150 Å². The number of pyridine rings is 1. The zero-order chi connectivity index (χ0) is 30.9. The number of carbonyl (C=O) groups is 1. The van der Waals surface area contributed by atoms with Crippen LogP contribution in [-0.4, -0.2) is 22.1 Å². The summed E-state index contributed by atoms with van der Waals surface area (Å²) in [6.07, 6.45) is 3.50. The van der Waals surface area contributed by atoms with E-state index >= 15 is 0 Å². The average Bonchev–Trinajstić information content (AvgIpc) is 3.63. The number of benzene rings is 3. The van der Waals surface area contributed by atoms with Crippen LogP contribution in [0.15, 0.2) is 137 Å². The number of aromatic nitrogens is 2. The molecule has 0 saturated carbocycles. The monoisotopic (exact) mass is 693 g/mol. The maximum absolute atomic E-state index is 14.1. The van der Waals surface area contributed by atoms with Gasteiger partial charge in [-0.25, -0.2) is 9.79 Å². The molecule has 3 aromatic heterocycles.